The second-order valence-corrected chi connectivity index (χ2v) is 4.49. The number of nitrogens with one attached hydrogen (secondary N) is 1. The van der Waals surface area contributed by atoms with Gasteiger partial charge in [-0.05, 0) is 31.5 Å². The van der Waals surface area contributed by atoms with Gasteiger partial charge in [0, 0.05) is 31.1 Å². The molecule has 0 saturated heterocycles. The van der Waals surface area contributed by atoms with Crippen LogP contribution in [0.3, 0.4) is 0 Å². The van der Waals surface area contributed by atoms with Crippen molar-refractivity contribution in [2.75, 3.05) is 0 Å². The van der Waals surface area contributed by atoms with Gasteiger partial charge in [-0.1, -0.05) is 5.21 Å². The molecule has 0 aliphatic heterocycles. The highest BCUT2D eigenvalue weighted by molar-refractivity contribution is 5.24. The third-order valence-corrected chi connectivity index (χ3v) is 2.77. The number of aromatic nitrogens is 4. The van der Waals surface area contributed by atoms with E-state index in [1.807, 2.05) is 39.2 Å². The lowest BCUT2D eigenvalue weighted by Gasteiger charge is -2.15. The predicted octanol–water partition coefficient (Wildman–Crippen LogP) is 0.574. The minimum absolute atomic E-state index is 0.0158. The van der Waals surface area contributed by atoms with Crippen LogP contribution in [-0.2, 0) is 13.5 Å². The molecule has 2 rings (SSSR count). The number of nitrogens with zero attached hydrogens (tertiary/aromatic N) is 4. The zero-order valence-electron chi connectivity index (χ0n) is 10.9. The summed E-state index contributed by atoms with van der Waals surface area (Å²) < 4.78 is 1.69. The quantitative estimate of drug-likeness (QED) is 0.609. The Labute approximate surface area is 106 Å². The molecule has 96 valence electrons. The molecular weight excluding hydrogens is 228 g/mol. The van der Waals surface area contributed by atoms with Crippen LogP contribution in [0.5, 0.6) is 0 Å². The second-order valence-electron chi connectivity index (χ2n) is 4.49. The summed E-state index contributed by atoms with van der Waals surface area (Å²) in [7, 11) is 1.85. The molecule has 0 bridgehead atoms. The molecule has 0 aliphatic rings. The minimum atomic E-state index is 0.0158. The molecule has 0 aromatic carbocycles. The van der Waals surface area contributed by atoms with E-state index >= 15 is 0 Å². The maximum absolute atomic E-state index is 5.63. The minimum Gasteiger partial charge on any atom is -0.271 e. The van der Waals surface area contributed by atoms with Gasteiger partial charge in [-0.3, -0.25) is 20.9 Å². The summed E-state index contributed by atoms with van der Waals surface area (Å²) in [4.78, 5) is 4.36. The number of hydrazine groups is 1. The summed E-state index contributed by atoms with van der Waals surface area (Å²) >= 11 is 0. The topological polar surface area (TPSA) is 81.7 Å². The smallest absolute Gasteiger partial charge is 0.0846 e. The maximum Gasteiger partial charge on any atom is 0.0846 e. The van der Waals surface area contributed by atoms with Gasteiger partial charge in [0.15, 0.2) is 0 Å². The van der Waals surface area contributed by atoms with E-state index in [-0.39, 0.29) is 6.04 Å². The third-order valence-electron chi connectivity index (χ3n) is 2.77. The fourth-order valence-electron chi connectivity index (χ4n) is 2.04. The summed E-state index contributed by atoms with van der Waals surface area (Å²) in [5.41, 5.74) is 6.83. The zero-order chi connectivity index (χ0) is 13.1. The highest BCUT2D eigenvalue weighted by Gasteiger charge is 2.13. The summed E-state index contributed by atoms with van der Waals surface area (Å²) in [6.45, 7) is 3.96. The van der Waals surface area contributed by atoms with Crippen LogP contribution in [0.25, 0.3) is 0 Å². The Morgan fingerprint density at radius 3 is 2.50 bits per heavy atom. The Kier molecular flexibility index (Phi) is 3.69. The molecule has 18 heavy (non-hydrogen) atoms. The fraction of sp³-hybridized carbons (Fsp3) is 0.417. The average Bonchev–Trinajstić information content (AvgIpc) is 2.70. The number of hydrogen-bond donors (Lipinski definition) is 2. The van der Waals surface area contributed by atoms with Gasteiger partial charge in [-0.15, -0.1) is 5.10 Å². The average molecular weight is 246 g/mol. The highest BCUT2D eigenvalue weighted by atomic mass is 15.4. The van der Waals surface area contributed by atoms with Crippen molar-refractivity contribution in [3.05, 3.63) is 41.0 Å². The predicted molar refractivity (Wildman–Crippen MR) is 68.5 cm³/mol. The van der Waals surface area contributed by atoms with E-state index < -0.39 is 0 Å². The van der Waals surface area contributed by atoms with E-state index in [1.165, 1.54) is 0 Å². The molecule has 2 aromatic heterocycles. The van der Waals surface area contributed by atoms with Gasteiger partial charge in [0.05, 0.1) is 11.7 Å². The van der Waals surface area contributed by atoms with Gasteiger partial charge < -0.3 is 0 Å². The number of rotatable bonds is 4. The van der Waals surface area contributed by atoms with Gasteiger partial charge in [0.25, 0.3) is 0 Å². The summed E-state index contributed by atoms with van der Waals surface area (Å²) in [6, 6.07) is 4.09. The molecule has 6 nitrogen and oxygen atoms in total. The Hall–Kier alpha value is -1.79. The molecule has 0 radical (unpaired) electrons. The van der Waals surface area contributed by atoms with Crippen LogP contribution >= 0.6 is 0 Å². The molecule has 0 saturated carbocycles. The van der Waals surface area contributed by atoms with Crippen molar-refractivity contribution in [3.63, 3.8) is 0 Å². The Morgan fingerprint density at radius 1 is 1.33 bits per heavy atom. The van der Waals surface area contributed by atoms with Crippen molar-refractivity contribution < 1.29 is 0 Å². The van der Waals surface area contributed by atoms with Crippen LogP contribution in [-0.4, -0.2) is 20.0 Å². The van der Waals surface area contributed by atoms with Crippen LogP contribution in [0.15, 0.2) is 18.3 Å². The van der Waals surface area contributed by atoms with Crippen molar-refractivity contribution in [2.45, 2.75) is 26.3 Å². The molecule has 1 unspecified atom stereocenters. The van der Waals surface area contributed by atoms with Gasteiger partial charge in [-0.25, -0.2) is 0 Å². The number of nitrogens with two attached hydrogens (primary N) is 1. The molecule has 1 atom stereocenters. The van der Waals surface area contributed by atoms with Crippen LogP contribution in [0, 0.1) is 13.8 Å². The van der Waals surface area contributed by atoms with Crippen LogP contribution in [0.4, 0.5) is 0 Å². The molecule has 6 heteroatoms. The fourth-order valence-corrected chi connectivity index (χ4v) is 2.04. The first-order valence-corrected chi connectivity index (χ1v) is 5.85. The summed E-state index contributed by atoms with van der Waals surface area (Å²) in [6.07, 6.45) is 2.60. The van der Waals surface area contributed by atoms with Crippen molar-refractivity contribution >= 4 is 0 Å². The van der Waals surface area contributed by atoms with E-state index in [0.717, 1.165) is 22.6 Å². The number of hydrogen-bond acceptors (Lipinski definition) is 5. The zero-order valence-corrected chi connectivity index (χ0v) is 10.9. The summed E-state index contributed by atoms with van der Waals surface area (Å²) in [5.74, 6) is 5.63. The third kappa shape index (κ3) is 2.91. The van der Waals surface area contributed by atoms with Gasteiger partial charge in [-0.2, -0.15) is 0 Å². The van der Waals surface area contributed by atoms with E-state index in [2.05, 4.69) is 20.7 Å². The number of pyridine rings is 1. The molecule has 0 fully saturated rings. The largest absolute Gasteiger partial charge is 0.271 e. The molecule has 0 spiro atoms. The van der Waals surface area contributed by atoms with Crippen LogP contribution in [0.2, 0.25) is 0 Å². The standard InChI is InChI=1S/C12H18N6/c1-8-4-10(5-9(2)14-8)12(15-13)6-11-7-18(3)17-16-11/h4-5,7,12,15H,6,13H2,1-3H3. The Morgan fingerprint density at radius 2 is 2.00 bits per heavy atom. The SMILES string of the molecule is Cc1cc(C(Cc2cn(C)nn2)NN)cc(C)n1. The lowest BCUT2D eigenvalue weighted by molar-refractivity contribution is 0.544. The molecular formula is C12H18N6. The first kappa shape index (κ1) is 12.7. The molecule has 2 aromatic rings. The van der Waals surface area contributed by atoms with E-state index in [0.29, 0.717) is 6.42 Å². The van der Waals surface area contributed by atoms with Crippen molar-refractivity contribution in [1.82, 2.24) is 25.4 Å². The number of aryl methyl sites for hydroxylation is 3. The second kappa shape index (κ2) is 5.24. The highest BCUT2D eigenvalue weighted by Crippen LogP contribution is 2.18. The van der Waals surface area contributed by atoms with Crippen LogP contribution in [0.1, 0.15) is 28.7 Å². The maximum atomic E-state index is 5.63. The first-order chi connectivity index (χ1) is 8.58. The van der Waals surface area contributed by atoms with Gasteiger partial charge in [0.2, 0.25) is 0 Å². The van der Waals surface area contributed by atoms with Gasteiger partial charge >= 0.3 is 0 Å². The monoisotopic (exact) mass is 246 g/mol. The molecule has 0 amide bonds. The Bertz CT molecular complexity index is 513. The molecule has 3 N–H and O–H groups in total. The molecule has 0 aliphatic carbocycles. The van der Waals surface area contributed by atoms with Crippen molar-refractivity contribution in [1.29, 1.82) is 0 Å². The first-order valence-electron chi connectivity index (χ1n) is 5.85. The van der Waals surface area contributed by atoms with E-state index in [9.17, 15) is 0 Å². The lowest BCUT2D eigenvalue weighted by Crippen LogP contribution is -2.30. The Balaban J connectivity index is 2.22. The van der Waals surface area contributed by atoms with Crippen molar-refractivity contribution in [3.8, 4) is 0 Å². The van der Waals surface area contributed by atoms with Crippen LogP contribution < -0.4 is 11.3 Å². The molecule has 2 heterocycles. The summed E-state index contributed by atoms with van der Waals surface area (Å²) in [5, 5.41) is 7.99. The van der Waals surface area contributed by atoms with E-state index in [4.69, 9.17) is 5.84 Å². The normalized spacial score (nSPS) is 12.7. The lowest BCUT2D eigenvalue weighted by atomic mass is 10.0. The van der Waals surface area contributed by atoms with E-state index in [1.54, 1.807) is 4.68 Å². The van der Waals surface area contributed by atoms with Gasteiger partial charge in [0.1, 0.15) is 0 Å². The van der Waals surface area contributed by atoms with Crippen molar-refractivity contribution in [2.24, 2.45) is 12.9 Å².